The van der Waals surface area contributed by atoms with E-state index in [1.54, 1.807) is 0 Å². The lowest BCUT2D eigenvalue weighted by Gasteiger charge is -2.25. The third-order valence-corrected chi connectivity index (χ3v) is 2.98. The molecule has 1 aliphatic heterocycles. The highest BCUT2D eigenvalue weighted by Crippen LogP contribution is 2.33. The lowest BCUT2D eigenvalue weighted by Crippen LogP contribution is -2.29. The van der Waals surface area contributed by atoms with Gasteiger partial charge in [-0.25, -0.2) is 8.78 Å². The second-order valence-electron chi connectivity index (χ2n) is 4.05. The topological polar surface area (TPSA) is 21.3 Å². The zero-order valence-corrected chi connectivity index (χ0v) is 9.22. The average Bonchev–Trinajstić information content (AvgIpc) is 2.29. The Morgan fingerprint density at radius 2 is 2.19 bits per heavy atom. The highest BCUT2D eigenvalue weighted by Gasteiger charge is 2.23. The van der Waals surface area contributed by atoms with Crippen LogP contribution in [0, 0.1) is 11.6 Å². The van der Waals surface area contributed by atoms with Gasteiger partial charge in [0.2, 0.25) is 0 Å². The molecule has 0 amide bonds. The third kappa shape index (κ3) is 2.16. The predicted molar refractivity (Wildman–Crippen MR) is 57.8 cm³/mol. The van der Waals surface area contributed by atoms with E-state index < -0.39 is 11.6 Å². The van der Waals surface area contributed by atoms with E-state index in [9.17, 15) is 8.78 Å². The van der Waals surface area contributed by atoms with Gasteiger partial charge in [-0.05, 0) is 19.4 Å². The molecule has 0 saturated carbocycles. The molecule has 0 aliphatic carbocycles. The van der Waals surface area contributed by atoms with Crippen LogP contribution in [0.1, 0.15) is 24.3 Å². The molecule has 1 fully saturated rings. The molecule has 1 atom stereocenters. The van der Waals surface area contributed by atoms with E-state index in [1.807, 2.05) is 0 Å². The van der Waals surface area contributed by atoms with E-state index in [4.69, 9.17) is 4.74 Å². The molecule has 1 aromatic rings. The summed E-state index contributed by atoms with van der Waals surface area (Å²) in [7, 11) is 1.44. The first-order valence-corrected chi connectivity index (χ1v) is 5.46. The van der Waals surface area contributed by atoms with Gasteiger partial charge in [-0.3, -0.25) is 0 Å². The Morgan fingerprint density at radius 1 is 1.38 bits per heavy atom. The molecule has 1 aromatic carbocycles. The predicted octanol–water partition coefficient (Wildman–Crippen LogP) is 2.44. The van der Waals surface area contributed by atoms with Crippen molar-refractivity contribution in [1.29, 1.82) is 0 Å². The van der Waals surface area contributed by atoms with Gasteiger partial charge in [0.25, 0.3) is 0 Å². The van der Waals surface area contributed by atoms with Crippen LogP contribution in [0.15, 0.2) is 12.1 Å². The fourth-order valence-electron chi connectivity index (χ4n) is 2.22. The molecule has 4 heteroatoms. The molecule has 16 heavy (non-hydrogen) atoms. The zero-order chi connectivity index (χ0) is 11.5. The van der Waals surface area contributed by atoms with Crippen LogP contribution in [0.4, 0.5) is 8.78 Å². The van der Waals surface area contributed by atoms with Gasteiger partial charge < -0.3 is 10.1 Å². The smallest absolute Gasteiger partial charge is 0.133 e. The molecule has 0 spiro atoms. The Balaban J connectivity index is 2.37. The number of nitrogens with one attached hydrogen (secondary N) is 1. The highest BCUT2D eigenvalue weighted by molar-refractivity contribution is 5.38. The molecule has 0 bridgehead atoms. The Morgan fingerprint density at radius 3 is 2.81 bits per heavy atom. The lowest BCUT2D eigenvalue weighted by molar-refractivity contribution is 0.378. The SMILES string of the molecule is COc1cc(F)cc(F)c1C1CCCNC1. The summed E-state index contributed by atoms with van der Waals surface area (Å²) in [5, 5.41) is 3.21. The van der Waals surface area contributed by atoms with E-state index in [2.05, 4.69) is 5.32 Å². The molecule has 2 nitrogen and oxygen atoms in total. The van der Waals surface area contributed by atoms with Crippen molar-refractivity contribution in [3.05, 3.63) is 29.3 Å². The number of methoxy groups -OCH3 is 1. The molecule has 1 unspecified atom stereocenters. The molecular formula is C12H15F2NO. The number of benzene rings is 1. The average molecular weight is 227 g/mol. The summed E-state index contributed by atoms with van der Waals surface area (Å²) in [6.07, 6.45) is 1.91. The lowest BCUT2D eigenvalue weighted by atomic mass is 9.90. The van der Waals surface area contributed by atoms with Crippen LogP contribution < -0.4 is 10.1 Å². The van der Waals surface area contributed by atoms with Gasteiger partial charge in [-0.1, -0.05) is 0 Å². The summed E-state index contributed by atoms with van der Waals surface area (Å²) >= 11 is 0. The summed E-state index contributed by atoms with van der Waals surface area (Å²) in [4.78, 5) is 0. The molecule has 1 N–H and O–H groups in total. The van der Waals surface area contributed by atoms with Crippen molar-refractivity contribution in [3.8, 4) is 5.75 Å². The van der Waals surface area contributed by atoms with Gasteiger partial charge in [-0.2, -0.15) is 0 Å². The van der Waals surface area contributed by atoms with Crippen LogP contribution in [0.25, 0.3) is 0 Å². The Bertz CT molecular complexity index is 376. The van der Waals surface area contributed by atoms with Crippen LogP contribution in [-0.4, -0.2) is 20.2 Å². The van der Waals surface area contributed by atoms with Gasteiger partial charge in [-0.15, -0.1) is 0 Å². The molecule has 1 saturated heterocycles. The van der Waals surface area contributed by atoms with Crippen molar-refractivity contribution in [2.75, 3.05) is 20.2 Å². The van der Waals surface area contributed by atoms with Crippen molar-refractivity contribution < 1.29 is 13.5 Å². The van der Waals surface area contributed by atoms with Crippen LogP contribution in [0.3, 0.4) is 0 Å². The molecule has 1 heterocycles. The van der Waals surface area contributed by atoms with Crippen molar-refractivity contribution in [3.63, 3.8) is 0 Å². The zero-order valence-electron chi connectivity index (χ0n) is 9.22. The summed E-state index contributed by atoms with van der Waals surface area (Å²) in [6, 6.07) is 2.17. The standard InChI is InChI=1S/C12H15F2NO/c1-16-11-6-9(13)5-10(14)12(11)8-3-2-4-15-7-8/h5-6,8,15H,2-4,7H2,1H3. The minimum absolute atomic E-state index is 0.0734. The van der Waals surface area contributed by atoms with Crippen LogP contribution in [0.2, 0.25) is 0 Å². The number of rotatable bonds is 2. The van der Waals surface area contributed by atoms with Crippen LogP contribution >= 0.6 is 0 Å². The number of piperidine rings is 1. The normalized spacial score (nSPS) is 20.8. The fourth-order valence-corrected chi connectivity index (χ4v) is 2.22. The Hall–Kier alpha value is -1.16. The summed E-state index contributed by atoms with van der Waals surface area (Å²) < 4.78 is 31.8. The first-order chi connectivity index (χ1) is 7.72. The second-order valence-corrected chi connectivity index (χ2v) is 4.05. The highest BCUT2D eigenvalue weighted by atomic mass is 19.1. The minimum Gasteiger partial charge on any atom is -0.496 e. The van der Waals surface area contributed by atoms with Gasteiger partial charge in [0, 0.05) is 30.2 Å². The maximum atomic E-state index is 13.7. The first kappa shape index (κ1) is 11.3. The van der Waals surface area contributed by atoms with Crippen molar-refractivity contribution in [1.82, 2.24) is 5.32 Å². The van der Waals surface area contributed by atoms with Gasteiger partial charge in [0.05, 0.1) is 7.11 Å². The van der Waals surface area contributed by atoms with E-state index in [1.165, 1.54) is 13.2 Å². The molecule has 0 aromatic heterocycles. The molecule has 88 valence electrons. The molecule has 0 radical (unpaired) electrons. The monoisotopic (exact) mass is 227 g/mol. The van der Waals surface area contributed by atoms with Gasteiger partial charge >= 0.3 is 0 Å². The maximum absolute atomic E-state index is 13.7. The Labute approximate surface area is 93.6 Å². The number of hydrogen-bond acceptors (Lipinski definition) is 2. The summed E-state index contributed by atoms with van der Waals surface area (Å²) in [5.41, 5.74) is 0.496. The maximum Gasteiger partial charge on any atom is 0.133 e. The molecular weight excluding hydrogens is 212 g/mol. The first-order valence-electron chi connectivity index (χ1n) is 5.46. The van der Waals surface area contributed by atoms with Gasteiger partial charge in [0.15, 0.2) is 0 Å². The van der Waals surface area contributed by atoms with E-state index in [0.29, 0.717) is 11.3 Å². The van der Waals surface area contributed by atoms with E-state index in [-0.39, 0.29) is 5.92 Å². The van der Waals surface area contributed by atoms with Crippen LogP contribution in [0.5, 0.6) is 5.75 Å². The largest absolute Gasteiger partial charge is 0.496 e. The van der Waals surface area contributed by atoms with Crippen molar-refractivity contribution in [2.24, 2.45) is 0 Å². The Kier molecular flexibility index (Phi) is 3.39. The number of hydrogen-bond donors (Lipinski definition) is 1. The summed E-state index contributed by atoms with van der Waals surface area (Å²) in [5.74, 6) is -0.720. The fraction of sp³-hybridized carbons (Fsp3) is 0.500. The second kappa shape index (κ2) is 4.78. The minimum atomic E-state index is -0.595. The van der Waals surface area contributed by atoms with Crippen LogP contribution in [-0.2, 0) is 0 Å². The molecule has 1 aliphatic rings. The van der Waals surface area contributed by atoms with E-state index in [0.717, 1.165) is 32.0 Å². The molecule has 2 rings (SSSR count). The number of ether oxygens (including phenoxy) is 1. The van der Waals surface area contributed by atoms with E-state index >= 15 is 0 Å². The van der Waals surface area contributed by atoms with Crippen molar-refractivity contribution in [2.45, 2.75) is 18.8 Å². The quantitative estimate of drug-likeness (QED) is 0.837. The third-order valence-electron chi connectivity index (χ3n) is 2.98. The van der Waals surface area contributed by atoms with Gasteiger partial charge in [0.1, 0.15) is 17.4 Å². The van der Waals surface area contributed by atoms with Crippen molar-refractivity contribution >= 4 is 0 Å². The summed E-state index contributed by atoms with van der Waals surface area (Å²) in [6.45, 7) is 1.68. The number of halogens is 2.